The van der Waals surface area contributed by atoms with E-state index in [9.17, 15) is 18.8 Å². The minimum atomic E-state index is -0.869. The van der Waals surface area contributed by atoms with Crippen molar-refractivity contribution in [2.45, 2.75) is 32.2 Å². The number of anilines is 1. The number of amides is 3. The molecule has 7 nitrogen and oxygen atoms in total. The van der Waals surface area contributed by atoms with Crippen molar-refractivity contribution in [2.75, 3.05) is 11.4 Å². The maximum atomic E-state index is 13.4. The van der Waals surface area contributed by atoms with Gasteiger partial charge in [-0.25, -0.2) is 14.1 Å². The molecular formula is C25H22FN3O4. The predicted molar refractivity (Wildman–Crippen MR) is 115 cm³/mol. The third kappa shape index (κ3) is 3.44. The van der Waals surface area contributed by atoms with E-state index in [1.165, 1.54) is 18.2 Å². The lowest BCUT2D eigenvalue weighted by Gasteiger charge is -2.49. The van der Waals surface area contributed by atoms with Crippen molar-refractivity contribution in [3.8, 4) is 6.07 Å². The van der Waals surface area contributed by atoms with Crippen LogP contribution < -0.4 is 4.90 Å². The van der Waals surface area contributed by atoms with Crippen LogP contribution in [-0.2, 0) is 27.6 Å². The van der Waals surface area contributed by atoms with E-state index in [4.69, 9.17) is 10.00 Å². The zero-order chi connectivity index (χ0) is 23.1. The highest BCUT2D eigenvalue weighted by Gasteiger charge is 2.61. The van der Waals surface area contributed by atoms with Crippen molar-refractivity contribution in [1.29, 1.82) is 5.26 Å². The molecule has 0 N–H and O–H groups in total. The Balaban J connectivity index is 1.38. The number of alkyl halides is 1. The molecule has 3 aliphatic heterocycles. The molecule has 4 aliphatic rings. The topological polar surface area (TPSA) is 90.7 Å². The van der Waals surface area contributed by atoms with Crippen molar-refractivity contribution < 1.29 is 23.5 Å². The van der Waals surface area contributed by atoms with Gasteiger partial charge in [0.05, 0.1) is 29.2 Å². The summed E-state index contributed by atoms with van der Waals surface area (Å²) in [5.74, 6) is -1.97. The number of hydrogen-bond acceptors (Lipinski definition) is 5. The molecule has 3 saturated heterocycles. The minimum absolute atomic E-state index is 0.134. The molecule has 3 amide bonds. The highest BCUT2D eigenvalue weighted by molar-refractivity contribution is 6.22. The number of nitrogens with zero attached hydrogens (tertiary/aromatic N) is 3. The second-order valence-electron chi connectivity index (χ2n) is 8.75. The number of nitriles is 1. The maximum Gasteiger partial charge on any atom is 0.410 e. The van der Waals surface area contributed by atoms with E-state index in [1.807, 2.05) is 36.4 Å². The largest absolute Gasteiger partial charge is 0.445 e. The van der Waals surface area contributed by atoms with Crippen molar-refractivity contribution >= 4 is 23.6 Å². The average Bonchev–Trinajstić information content (AvgIpc) is 3.14. The second-order valence-corrected chi connectivity index (χ2v) is 8.75. The molecular weight excluding hydrogens is 425 g/mol. The van der Waals surface area contributed by atoms with Crippen LogP contribution in [0.2, 0.25) is 0 Å². The van der Waals surface area contributed by atoms with E-state index in [1.54, 1.807) is 4.90 Å². The molecule has 8 heteroatoms. The summed E-state index contributed by atoms with van der Waals surface area (Å²) >= 11 is 0. The van der Waals surface area contributed by atoms with Crippen LogP contribution in [0.3, 0.4) is 0 Å². The molecule has 0 aromatic heterocycles. The fourth-order valence-electron chi connectivity index (χ4n) is 5.50. The van der Waals surface area contributed by atoms with Gasteiger partial charge in [-0.2, -0.15) is 5.26 Å². The normalized spacial score (nSPS) is 25.7. The third-order valence-corrected chi connectivity index (χ3v) is 7.04. The van der Waals surface area contributed by atoms with Gasteiger partial charge < -0.3 is 9.64 Å². The number of fused-ring (bicyclic) bond motifs is 2. The smallest absolute Gasteiger partial charge is 0.410 e. The number of imide groups is 1. The molecule has 2 aromatic rings. The van der Waals surface area contributed by atoms with Crippen molar-refractivity contribution in [3.05, 3.63) is 65.2 Å². The van der Waals surface area contributed by atoms with E-state index < -0.39 is 30.6 Å². The molecule has 6 rings (SSSR count). The van der Waals surface area contributed by atoms with Gasteiger partial charge in [0.2, 0.25) is 11.8 Å². The molecule has 168 valence electrons. The van der Waals surface area contributed by atoms with Gasteiger partial charge >= 0.3 is 6.09 Å². The standard InChI is InChI=1S/C25H22FN3O4/c26-11-18-10-19(8-6-16(18)12-27)29-23(30)21-17-7-9-20(22(21)24(29)31)28(13-17)25(32)33-14-15-4-2-1-3-5-15/h1-6,8,10,17,20-22H,7,9,11,13-14H2/t17?,20?,21-,22+/m0/s1. The van der Waals surface area contributed by atoms with E-state index in [0.29, 0.717) is 13.0 Å². The molecule has 1 saturated carbocycles. The van der Waals surface area contributed by atoms with Crippen molar-refractivity contribution in [3.63, 3.8) is 0 Å². The lowest BCUT2D eigenvalue weighted by atomic mass is 9.66. The first kappa shape index (κ1) is 21.1. The van der Waals surface area contributed by atoms with Crippen LogP contribution in [0.1, 0.15) is 29.5 Å². The summed E-state index contributed by atoms with van der Waals surface area (Å²) < 4.78 is 18.9. The van der Waals surface area contributed by atoms with Gasteiger partial charge in [-0.05, 0) is 42.5 Å². The number of carbonyl (C=O) groups excluding carboxylic acids is 3. The number of halogens is 1. The first-order chi connectivity index (χ1) is 16.0. The molecule has 1 aliphatic carbocycles. The van der Waals surface area contributed by atoms with Gasteiger partial charge in [-0.3, -0.25) is 9.59 Å². The summed E-state index contributed by atoms with van der Waals surface area (Å²) in [4.78, 5) is 42.3. The summed E-state index contributed by atoms with van der Waals surface area (Å²) in [6, 6.07) is 15.2. The molecule has 4 atom stereocenters. The molecule has 4 fully saturated rings. The van der Waals surface area contributed by atoms with Crippen LogP contribution in [0.5, 0.6) is 0 Å². The highest BCUT2D eigenvalue weighted by atomic mass is 19.1. The lowest BCUT2D eigenvalue weighted by Crippen LogP contribution is -2.60. The monoisotopic (exact) mass is 447 g/mol. The zero-order valence-corrected chi connectivity index (χ0v) is 17.8. The average molecular weight is 447 g/mol. The van der Waals surface area contributed by atoms with Gasteiger partial charge in [-0.1, -0.05) is 30.3 Å². The fraction of sp³-hybridized carbons (Fsp3) is 0.360. The van der Waals surface area contributed by atoms with Crippen LogP contribution in [0.4, 0.5) is 14.9 Å². The SMILES string of the molecule is N#Cc1ccc(N2C(=O)[C@@H]3C4CCC(CN4C(=O)OCc4ccccc4)[C@@H]3C2=O)cc1CF. The van der Waals surface area contributed by atoms with Crippen molar-refractivity contribution in [2.24, 2.45) is 17.8 Å². The van der Waals surface area contributed by atoms with Crippen LogP contribution in [-0.4, -0.2) is 35.4 Å². The number of benzene rings is 2. The number of rotatable bonds is 4. The van der Waals surface area contributed by atoms with Crippen LogP contribution >= 0.6 is 0 Å². The molecule has 0 radical (unpaired) electrons. The zero-order valence-electron chi connectivity index (χ0n) is 17.8. The Kier molecular flexibility index (Phi) is 5.33. The Bertz CT molecular complexity index is 1160. The number of carbonyl (C=O) groups is 3. The molecule has 3 heterocycles. The molecule has 33 heavy (non-hydrogen) atoms. The third-order valence-electron chi connectivity index (χ3n) is 7.04. The van der Waals surface area contributed by atoms with Crippen LogP contribution in [0.15, 0.2) is 48.5 Å². The van der Waals surface area contributed by atoms with Gasteiger partial charge in [0, 0.05) is 18.2 Å². The Morgan fingerprint density at radius 3 is 2.58 bits per heavy atom. The summed E-state index contributed by atoms with van der Waals surface area (Å²) in [6.45, 7) is -0.362. The van der Waals surface area contributed by atoms with Crippen LogP contribution in [0.25, 0.3) is 0 Å². The number of piperidine rings is 2. The Morgan fingerprint density at radius 2 is 1.85 bits per heavy atom. The summed E-state index contributed by atoms with van der Waals surface area (Å²) in [5.41, 5.74) is 1.45. The Morgan fingerprint density at radius 1 is 1.09 bits per heavy atom. The summed E-state index contributed by atoms with van der Waals surface area (Å²) in [5, 5.41) is 9.14. The van der Waals surface area contributed by atoms with Gasteiger partial charge in [0.15, 0.2) is 0 Å². The van der Waals surface area contributed by atoms with Gasteiger partial charge in [0.1, 0.15) is 13.3 Å². The first-order valence-electron chi connectivity index (χ1n) is 11.0. The van der Waals surface area contributed by atoms with Crippen LogP contribution in [0, 0.1) is 29.1 Å². The second kappa shape index (κ2) is 8.32. The quantitative estimate of drug-likeness (QED) is 0.669. The van der Waals surface area contributed by atoms with E-state index >= 15 is 0 Å². The minimum Gasteiger partial charge on any atom is -0.445 e. The number of hydrogen-bond donors (Lipinski definition) is 0. The predicted octanol–water partition coefficient (Wildman–Crippen LogP) is 3.56. The summed E-state index contributed by atoms with van der Waals surface area (Å²) in [7, 11) is 0. The fourth-order valence-corrected chi connectivity index (χ4v) is 5.50. The Labute approximate surface area is 190 Å². The van der Waals surface area contributed by atoms with E-state index in [-0.39, 0.29) is 41.2 Å². The summed E-state index contributed by atoms with van der Waals surface area (Å²) in [6.07, 6.45) is 0.899. The highest BCUT2D eigenvalue weighted by Crippen LogP contribution is 2.49. The molecule has 0 spiro atoms. The molecule has 2 unspecified atom stereocenters. The maximum absolute atomic E-state index is 13.4. The van der Waals surface area contributed by atoms with Gasteiger partial charge in [0.25, 0.3) is 0 Å². The first-order valence-corrected chi connectivity index (χ1v) is 11.0. The Hall–Kier alpha value is -3.73. The number of ether oxygens (including phenoxy) is 1. The van der Waals surface area contributed by atoms with E-state index in [2.05, 4.69) is 0 Å². The molecule has 2 aromatic carbocycles. The van der Waals surface area contributed by atoms with Gasteiger partial charge in [-0.15, -0.1) is 0 Å². The van der Waals surface area contributed by atoms with Crippen molar-refractivity contribution in [1.82, 2.24) is 4.90 Å². The van der Waals surface area contributed by atoms with E-state index in [0.717, 1.165) is 16.9 Å². The lowest BCUT2D eigenvalue weighted by molar-refractivity contribution is -0.132. The molecule has 2 bridgehead atoms.